The number of nitrogens with zero attached hydrogens (tertiary/aromatic N) is 1. The first kappa shape index (κ1) is 19.7. The van der Waals surface area contributed by atoms with Crippen molar-refractivity contribution in [3.63, 3.8) is 0 Å². The second-order valence-electron chi connectivity index (χ2n) is 6.36. The molecule has 1 aliphatic heterocycles. The molecule has 4 amide bonds. The quantitative estimate of drug-likeness (QED) is 0.452. The van der Waals surface area contributed by atoms with Crippen molar-refractivity contribution in [3.8, 4) is 18.1 Å². The SMILES string of the molecule is C#CCOc1ccc(/C=C2/NC(=O)N(CC(=O)Nc3ccc(C)cc3)C2=O)cc1. The van der Waals surface area contributed by atoms with E-state index in [0.717, 1.165) is 10.5 Å². The number of carbonyl (C=O) groups is 3. The number of carbonyl (C=O) groups excluding carboxylic acids is 3. The van der Waals surface area contributed by atoms with E-state index in [0.29, 0.717) is 17.0 Å². The van der Waals surface area contributed by atoms with Crippen LogP contribution in [0.25, 0.3) is 6.08 Å². The minimum absolute atomic E-state index is 0.0930. The van der Waals surface area contributed by atoms with Gasteiger partial charge in [0, 0.05) is 5.69 Å². The molecule has 0 atom stereocenters. The first-order chi connectivity index (χ1) is 14.0. The van der Waals surface area contributed by atoms with Crippen molar-refractivity contribution >= 4 is 29.6 Å². The zero-order valence-electron chi connectivity index (χ0n) is 15.8. The van der Waals surface area contributed by atoms with Gasteiger partial charge in [0.25, 0.3) is 5.91 Å². The highest BCUT2D eigenvalue weighted by molar-refractivity contribution is 6.15. The van der Waals surface area contributed by atoms with Gasteiger partial charge in [-0.2, -0.15) is 0 Å². The Kier molecular flexibility index (Phi) is 5.95. The number of benzene rings is 2. The average Bonchev–Trinajstić information content (AvgIpc) is 2.96. The van der Waals surface area contributed by atoms with Gasteiger partial charge in [0.2, 0.25) is 5.91 Å². The van der Waals surface area contributed by atoms with E-state index in [1.807, 2.05) is 19.1 Å². The fraction of sp³-hybridized carbons (Fsp3) is 0.136. The van der Waals surface area contributed by atoms with Crippen LogP contribution >= 0.6 is 0 Å². The van der Waals surface area contributed by atoms with Crippen molar-refractivity contribution in [1.29, 1.82) is 0 Å². The molecule has 1 saturated heterocycles. The van der Waals surface area contributed by atoms with Crippen LogP contribution in [0.2, 0.25) is 0 Å². The van der Waals surface area contributed by atoms with Crippen molar-refractivity contribution in [3.05, 3.63) is 65.4 Å². The van der Waals surface area contributed by atoms with Crippen LogP contribution in [0.3, 0.4) is 0 Å². The maximum atomic E-state index is 12.5. The molecule has 0 unspecified atom stereocenters. The number of urea groups is 1. The minimum atomic E-state index is -0.644. The minimum Gasteiger partial charge on any atom is -0.481 e. The summed E-state index contributed by atoms with van der Waals surface area (Å²) in [6.45, 7) is 1.72. The van der Waals surface area contributed by atoms with Crippen molar-refractivity contribution in [1.82, 2.24) is 10.2 Å². The van der Waals surface area contributed by atoms with E-state index in [9.17, 15) is 14.4 Å². The van der Waals surface area contributed by atoms with Gasteiger partial charge in [0.05, 0.1) is 0 Å². The van der Waals surface area contributed by atoms with E-state index < -0.39 is 17.8 Å². The Morgan fingerprint density at radius 1 is 1.17 bits per heavy atom. The molecule has 0 aliphatic carbocycles. The van der Waals surface area contributed by atoms with Crippen molar-refractivity contribution < 1.29 is 19.1 Å². The van der Waals surface area contributed by atoms with Gasteiger partial charge in [-0.05, 0) is 42.8 Å². The predicted octanol–water partition coefficient (Wildman–Crippen LogP) is 2.54. The second-order valence-corrected chi connectivity index (χ2v) is 6.36. The van der Waals surface area contributed by atoms with Crippen molar-refractivity contribution in [2.24, 2.45) is 0 Å². The molecular formula is C22H19N3O4. The van der Waals surface area contributed by atoms with Gasteiger partial charge in [0.1, 0.15) is 24.6 Å². The summed E-state index contributed by atoms with van der Waals surface area (Å²) in [6, 6.07) is 13.4. The van der Waals surface area contributed by atoms with Crippen LogP contribution in [0.15, 0.2) is 54.2 Å². The number of terminal acetylenes is 1. The third kappa shape index (κ3) is 5.02. The van der Waals surface area contributed by atoms with E-state index in [2.05, 4.69) is 16.6 Å². The van der Waals surface area contributed by atoms with Gasteiger partial charge in [-0.3, -0.25) is 9.59 Å². The molecule has 146 valence electrons. The van der Waals surface area contributed by atoms with Crippen LogP contribution in [-0.2, 0) is 9.59 Å². The predicted molar refractivity (Wildman–Crippen MR) is 109 cm³/mol. The number of aryl methyl sites for hydroxylation is 1. The average molecular weight is 389 g/mol. The Morgan fingerprint density at radius 3 is 2.52 bits per heavy atom. The zero-order valence-corrected chi connectivity index (χ0v) is 15.8. The number of ether oxygens (including phenoxy) is 1. The highest BCUT2D eigenvalue weighted by Crippen LogP contribution is 2.17. The van der Waals surface area contributed by atoms with Crippen LogP contribution in [0.1, 0.15) is 11.1 Å². The van der Waals surface area contributed by atoms with Gasteiger partial charge < -0.3 is 15.4 Å². The Bertz CT molecular complexity index is 1000. The summed E-state index contributed by atoms with van der Waals surface area (Å²) in [6.07, 6.45) is 6.68. The number of imide groups is 1. The largest absolute Gasteiger partial charge is 0.481 e. The maximum Gasteiger partial charge on any atom is 0.329 e. The Labute approximate surface area is 168 Å². The second kappa shape index (κ2) is 8.76. The number of anilines is 1. The first-order valence-corrected chi connectivity index (χ1v) is 8.83. The van der Waals surface area contributed by atoms with Gasteiger partial charge in [0.15, 0.2) is 0 Å². The molecule has 1 aliphatic rings. The van der Waals surface area contributed by atoms with E-state index in [1.165, 1.54) is 6.08 Å². The summed E-state index contributed by atoms with van der Waals surface area (Å²) >= 11 is 0. The van der Waals surface area contributed by atoms with E-state index in [-0.39, 0.29) is 18.8 Å². The molecule has 3 rings (SSSR count). The Morgan fingerprint density at radius 2 is 1.86 bits per heavy atom. The van der Waals surface area contributed by atoms with Gasteiger partial charge in [-0.15, -0.1) is 6.42 Å². The highest BCUT2D eigenvalue weighted by atomic mass is 16.5. The number of amides is 4. The monoisotopic (exact) mass is 389 g/mol. The maximum absolute atomic E-state index is 12.5. The lowest BCUT2D eigenvalue weighted by Gasteiger charge is -2.12. The molecule has 0 aromatic heterocycles. The van der Waals surface area contributed by atoms with Crippen LogP contribution in [0.5, 0.6) is 5.75 Å². The van der Waals surface area contributed by atoms with E-state index in [4.69, 9.17) is 11.2 Å². The normalized spacial score (nSPS) is 14.5. The first-order valence-electron chi connectivity index (χ1n) is 8.83. The number of hydrogen-bond donors (Lipinski definition) is 2. The molecule has 29 heavy (non-hydrogen) atoms. The molecular weight excluding hydrogens is 370 g/mol. The lowest BCUT2D eigenvalue weighted by molar-refractivity contribution is -0.127. The number of hydrogen-bond acceptors (Lipinski definition) is 4. The Balaban J connectivity index is 1.64. The molecule has 1 fully saturated rings. The van der Waals surface area contributed by atoms with Crippen LogP contribution in [-0.4, -0.2) is 35.9 Å². The van der Waals surface area contributed by atoms with Crippen LogP contribution in [0, 0.1) is 19.3 Å². The molecule has 2 N–H and O–H groups in total. The molecule has 7 heteroatoms. The van der Waals surface area contributed by atoms with Gasteiger partial charge >= 0.3 is 6.03 Å². The van der Waals surface area contributed by atoms with Crippen LogP contribution in [0.4, 0.5) is 10.5 Å². The molecule has 0 spiro atoms. The molecule has 7 nitrogen and oxygen atoms in total. The lowest BCUT2D eigenvalue weighted by Crippen LogP contribution is -2.38. The van der Waals surface area contributed by atoms with Crippen LogP contribution < -0.4 is 15.4 Å². The third-order valence-electron chi connectivity index (χ3n) is 4.11. The standard InChI is InChI=1S/C22H19N3O4/c1-3-12-29-18-10-6-16(7-11-18)13-19-21(27)25(22(28)24-19)14-20(26)23-17-8-4-15(2)5-9-17/h1,4-11,13H,12,14H2,2H3,(H,23,26)(H,24,28)/b19-13+. The summed E-state index contributed by atoms with van der Waals surface area (Å²) in [4.78, 5) is 37.7. The highest BCUT2D eigenvalue weighted by Gasteiger charge is 2.34. The fourth-order valence-corrected chi connectivity index (χ4v) is 2.65. The molecule has 0 radical (unpaired) electrons. The molecule has 0 bridgehead atoms. The summed E-state index contributed by atoms with van der Waals surface area (Å²) in [7, 11) is 0. The molecule has 0 saturated carbocycles. The Hall–Kier alpha value is -4.05. The smallest absolute Gasteiger partial charge is 0.329 e. The summed E-state index contributed by atoms with van der Waals surface area (Å²) < 4.78 is 5.29. The number of rotatable bonds is 6. The lowest BCUT2D eigenvalue weighted by atomic mass is 10.2. The number of nitrogens with one attached hydrogen (secondary N) is 2. The van der Waals surface area contributed by atoms with Crippen molar-refractivity contribution in [2.45, 2.75) is 6.92 Å². The summed E-state index contributed by atoms with van der Waals surface area (Å²) in [5.41, 5.74) is 2.43. The van der Waals surface area contributed by atoms with Crippen molar-refractivity contribution in [2.75, 3.05) is 18.5 Å². The zero-order chi connectivity index (χ0) is 20.8. The van der Waals surface area contributed by atoms with E-state index in [1.54, 1.807) is 36.4 Å². The summed E-state index contributed by atoms with van der Waals surface area (Å²) in [5, 5.41) is 5.15. The van der Waals surface area contributed by atoms with Gasteiger partial charge in [-0.25, -0.2) is 9.69 Å². The summed E-state index contributed by atoms with van der Waals surface area (Å²) in [5.74, 6) is 1.94. The topological polar surface area (TPSA) is 87.7 Å². The van der Waals surface area contributed by atoms with E-state index >= 15 is 0 Å². The molecule has 2 aromatic rings. The third-order valence-corrected chi connectivity index (χ3v) is 4.11. The fourth-order valence-electron chi connectivity index (χ4n) is 2.65. The van der Waals surface area contributed by atoms with Gasteiger partial charge in [-0.1, -0.05) is 35.7 Å². The molecule has 2 aromatic carbocycles. The molecule has 1 heterocycles.